The summed E-state index contributed by atoms with van der Waals surface area (Å²) in [5, 5.41) is 10.6. The number of alkyl halides is 3. The number of hydrogen-bond acceptors (Lipinski definition) is 2. The van der Waals surface area contributed by atoms with Crippen molar-refractivity contribution in [1.82, 2.24) is 4.98 Å². The van der Waals surface area contributed by atoms with E-state index in [1.165, 1.54) is 6.07 Å². The predicted octanol–water partition coefficient (Wildman–Crippen LogP) is 4.79. The molecule has 0 saturated heterocycles. The van der Waals surface area contributed by atoms with Crippen LogP contribution in [-0.4, -0.2) is 10.1 Å². The standard InChI is InChI=1S/C15H19ClF3NO/c1-9(2)10-4-3-7-14(21,8-10)11-5-6-12(15(17,18)19)20-13(11)16/h5-6,9-10,21H,3-4,7-8H2,1-2H3. The maximum atomic E-state index is 12.6. The molecule has 1 aromatic heterocycles. The van der Waals surface area contributed by atoms with Crippen LogP contribution in [0.5, 0.6) is 0 Å². The number of hydrogen-bond donors (Lipinski definition) is 1. The maximum absolute atomic E-state index is 12.6. The molecule has 1 aromatic rings. The zero-order valence-electron chi connectivity index (χ0n) is 12.0. The molecular weight excluding hydrogens is 303 g/mol. The van der Waals surface area contributed by atoms with Gasteiger partial charge in [0.1, 0.15) is 10.8 Å². The van der Waals surface area contributed by atoms with Crippen LogP contribution in [0.25, 0.3) is 0 Å². The second kappa shape index (κ2) is 5.76. The van der Waals surface area contributed by atoms with E-state index in [9.17, 15) is 18.3 Å². The Labute approximate surface area is 127 Å². The molecule has 1 saturated carbocycles. The molecule has 2 nitrogen and oxygen atoms in total. The molecule has 0 bridgehead atoms. The average Bonchev–Trinajstić information content (AvgIpc) is 2.37. The van der Waals surface area contributed by atoms with E-state index in [-0.39, 0.29) is 5.15 Å². The lowest BCUT2D eigenvalue weighted by Gasteiger charge is -2.39. The Bertz CT molecular complexity index is 518. The lowest BCUT2D eigenvalue weighted by atomic mass is 9.71. The van der Waals surface area contributed by atoms with E-state index >= 15 is 0 Å². The number of aromatic nitrogens is 1. The minimum Gasteiger partial charge on any atom is -0.385 e. The lowest BCUT2D eigenvalue weighted by Crippen LogP contribution is -2.35. The summed E-state index contributed by atoms with van der Waals surface area (Å²) in [6, 6.07) is 2.15. The van der Waals surface area contributed by atoms with Crippen molar-refractivity contribution in [2.24, 2.45) is 11.8 Å². The van der Waals surface area contributed by atoms with Gasteiger partial charge in [-0.2, -0.15) is 13.2 Å². The molecule has 6 heteroatoms. The van der Waals surface area contributed by atoms with Gasteiger partial charge in [-0.25, -0.2) is 4.98 Å². The Kier molecular flexibility index (Phi) is 4.54. The van der Waals surface area contributed by atoms with Crippen molar-refractivity contribution in [3.8, 4) is 0 Å². The van der Waals surface area contributed by atoms with Crippen LogP contribution in [0.15, 0.2) is 12.1 Å². The fourth-order valence-corrected chi connectivity index (χ4v) is 3.38. The summed E-state index contributed by atoms with van der Waals surface area (Å²) in [6.45, 7) is 4.17. The summed E-state index contributed by atoms with van der Waals surface area (Å²) in [7, 11) is 0. The molecule has 1 aliphatic rings. The highest BCUT2D eigenvalue weighted by Crippen LogP contribution is 2.44. The average molecular weight is 322 g/mol. The number of aliphatic hydroxyl groups is 1. The van der Waals surface area contributed by atoms with Gasteiger partial charge in [0.15, 0.2) is 0 Å². The monoisotopic (exact) mass is 321 g/mol. The van der Waals surface area contributed by atoms with Gasteiger partial charge in [0.25, 0.3) is 0 Å². The van der Waals surface area contributed by atoms with Crippen LogP contribution in [-0.2, 0) is 11.8 Å². The zero-order valence-corrected chi connectivity index (χ0v) is 12.8. The first kappa shape index (κ1) is 16.6. The van der Waals surface area contributed by atoms with Gasteiger partial charge in [-0.1, -0.05) is 31.5 Å². The minimum atomic E-state index is -4.53. The smallest absolute Gasteiger partial charge is 0.385 e. The van der Waals surface area contributed by atoms with Crippen LogP contribution in [0.4, 0.5) is 13.2 Å². The fourth-order valence-electron chi connectivity index (χ4n) is 3.05. The summed E-state index contributed by atoms with van der Waals surface area (Å²) < 4.78 is 37.9. The van der Waals surface area contributed by atoms with Crippen LogP contribution >= 0.6 is 11.6 Å². The van der Waals surface area contributed by atoms with Crippen LogP contribution in [0, 0.1) is 11.8 Å². The third-order valence-electron chi connectivity index (χ3n) is 4.35. The first-order valence-electron chi connectivity index (χ1n) is 7.10. The van der Waals surface area contributed by atoms with Gasteiger partial charge in [0, 0.05) is 5.56 Å². The Morgan fingerprint density at radius 2 is 2.05 bits per heavy atom. The Morgan fingerprint density at radius 1 is 1.38 bits per heavy atom. The van der Waals surface area contributed by atoms with E-state index in [2.05, 4.69) is 18.8 Å². The van der Waals surface area contributed by atoms with Crippen molar-refractivity contribution in [1.29, 1.82) is 0 Å². The molecule has 0 aliphatic heterocycles. The third kappa shape index (κ3) is 3.51. The van der Waals surface area contributed by atoms with Gasteiger partial charge in [-0.15, -0.1) is 0 Å². The van der Waals surface area contributed by atoms with E-state index in [4.69, 9.17) is 11.6 Å². The molecule has 2 rings (SSSR count). The van der Waals surface area contributed by atoms with E-state index < -0.39 is 17.5 Å². The molecule has 1 heterocycles. The number of nitrogens with zero attached hydrogens (tertiary/aromatic N) is 1. The van der Waals surface area contributed by atoms with E-state index in [0.29, 0.717) is 30.2 Å². The summed E-state index contributed by atoms with van der Waals surface area (Å²) in [5.41, 5.74) is -1.90. The fraction of sp³-hybridized carbons (Fsp3) is 0.667. The third-order valence-corrected chi connectivity index (χ3v) is 4.64. The van der Waals surface area contributed by atoms with Crippen molar-refractivity contribution in [3.05, 3.63) is 28.5 Å². The van der Waals surface area contributed by atoms with Crippen molar-refractivity contribution in [2.45, 2.75) is 51.3 Å². The second-order valence-electron chi connectivity index (χ2n) is 6.16. The van der Waals surface area contributed by atoms with E-state index in [1.54, 1.807) is 0 Å². The summed E-state index contributed by atoms with van der Waals surface area (Å²) in [4.78, 5) is 3.42. The van der Waals surface area contributed by atoms with E-state index in [1.807, 2.05) is 0 Å². The van der Waals surface area contributed by atoms with Crippen molar-refractivity contribution < 1.29 is 18.3 Å². The number of rotatable bonds is 2. The molecule has 2 atom stereocenters. The highest BCUT2D eigenvalue weighted by molar-refractivity contribution is 6.30. The quantitative estimate of drug-likeness (QED) is 0.795. The predicted molar refractivity (Wildman–Crippen MR) is 74.9 cm³/mol. The maximum Gasteiger partial charge on any atom is 0.433 e. The van der Waals surface area contributed by atoms with Crippen LogP contribution in [0.1, 0.15) is 50.8 Å². The van der Waals surface area contributed by atoms with Gasteiger partial charge in [-0.05, 0) is 43.6 Å². The van der Waals surface area contributed by atoms with Gasteiger partial charge >= 0.3 is 6.18 Å². The topological polar surface area (TPSA) is 33.1 Å². The number of pyridine rings is 1. The SMILES string of the molecule is CC(C)C1CCCC(O)(c2ccc(C(F)(F)F)nc2Cl)C1. The minimum absolute atomic E-state index is 0.253. The van der Waals surface area contributed by atoms with Crippen LogP contribution in [0.3, 0.4) is 0 Å². The molecule has 1 fully saturated rings. The van der Waals surface area contributed by atoms with E-state index in [0.717, 1.165) is 18.9 Å². The van der Waals surface area contributed by atoms with Gasteiger partial charge < -0.3 is 5.11 Å². The normalized spacial score (nSPS) is 27.1. The lowest BCUT2D eigenvalue weighted by molar-refractivity contribution is -0.141. The van der Waals surface area contributed by atoms with Crippen LogP contribution < -0.4 is 0 Å². The molecule has 0 radical (unpaired) electrons. The molecule has 0 aromatic carbocycles. The molecular formula is C15H19ClF3NO. The first-order chi connectivity index (χ1) is 9.63. The van der Waals surface area contributed by atoms with Crippen molar-refractivity contribution >= 4 is 11.6 Å². The second-order valence-corrected chi connectivity index (χ2v) is 6.52. The Balaban J connectivity index is 2.32. The van der Waals surface area contributed by atoms with Crippen LogP contribution in [0.2, 0.25) is 5.15 Å². The molecule has 21 heavy (non-hydrogen) atoms. The van der Waals surface area contributed by atoms with Gasteiger partial charge in [0.2, 0.25) is 0 Å². The molecule has 1 aliphatic carbocycles. The summed E-state index contributed by atoms with van der Waals surface area (Å²) >= 11 is 5.91. The molecule has 0 amide bonds. The number of halogens is 4. The summed E-state index contributed by atoms with van der Waals surface area (Å²) in [5.74, 6) is 0.750. The Morgan fingerprint density at radius 3 is 2.57 bits per heavy atom. The van der Waals surface area contributed by atoms with Crippen molar-refractivity contribution in [2.75, 3.05) is 0 Å². The molecule has 2 unspecified atom stereocenters. The zero-order chi connectivity index (χ0) is 15.8. The van der Waals surface area contributed by atoms with Gasteiger partial charge in [0.05, 0.1) is 5.60 Å². The molecule has 0 spiro atoms. The largest absolute Gasteiger partial charge is 0.433 e. The highest BCUT2D eigenvalue weighted by atomic mass is 35.5. The van der Waals surface area contributed by atoms with Crippen molar-refractivity contribution in [3.63, 3.8) is 0 Å². The Hall–Kier alpha value is -0.810. The van der Waals surface area contributed by atoms with Gasteiger partial charge in [-0.3, -0.25) is 0 Å². The molecule has 118 valence electrons. The highest BCUT2D eigenvalue weighted by Gasteiger charge is 2.40. The summed E-state index contributed by atoms with van der Waals surface area (Å²) in [6.07, 6.45) is -1.67. The first-order valence-corrected chi connectivity index (χ1v) is 7.48. The molecule has 1 N–H and O–H groups in total.